The molecule has 0 aliphatic rings. The molecule has 0 fully saturated rings. The average Bonchev–Trinajstić information content (AvgIpc) is 2.83. The Morgan fingerprint density at radius 2 is 1.50 bits per heavy atom. The van der Waals surface area contributed by atoms with E-state index in [9.17, 15) is 8.60 Å². The first-order chi connectivity index (χ1) is 15.6. The van der Waals surface area contributed by atoms with Gasteiger partial charge in [-0.3, -0.25) is 19.5 Å². The Kier molecular flexibility index (Phi) is 7.06. The van der Waals surface area contributed by atoms with E-state index in [4.69, 9.17) is 9.54 Å². The number of nitrogens with zero attached hydrogens (tertiary/aromatic N) is 3. The third-order valence-electron chi connectivity index (χ3n) is 5.17. The zero-order valence-electron chi connectivity index (χ0n) is 17.0. The molecule has 0 amide bonds. The van der Waals surface area contributed by atoms with E-state index in [1.54, 1.807) is 30.6 Å². The Morgan fingerprint density at radius 3 is 2.06 bits per heavy atom. The quantitative estimate of drug-likeness (QED) is 0.395. The molecule has 0 bridgehead atoms. The minimum atomic E-state index is -2.14. The van der Waals surface area contributed by atoms with E-state index in [1.165, 1.54) is 12.1 Å². The molecule has 6 nitrogen and oxygen atoms in total. The molecule has 1 aromatic carbocycles. The molecular formula is C24H21FN4O2S. The second-order valence-corrected chi connectivity index (χ2v) is 7.99. The summed E-state index contributed by atoms with van der Waals surface area (Å²) in [6, 6.07) is 19.7. The van der Waals surface area contributed by atoms with Crippen LogP contribution in [0.1, 0.15) is 39.9 Å². The summed E-state index contributed by atoms with van der Waals surface area (Å²) in [5.74, 6) is -0.780. The van der Waals surface area contributed by atoms with Crippen LogP contribution in [-0.2, 0) is 17.8 Å². The molecule has 2 unspecified atom stereocenters. The van der Waals surface area contributed by atoms with Gasteiger partial charge in [0.1, 0.15) is 5.82 Å². The SMILES string of the molecule is O=S(O)NCc1cccc(C(c2ccc(F)cc2)C(c2cccnc2)c2cccnc2)n1. The van der Waals surface area contributed by atoms with E-state index in [0.717, 1.165) is 22.4 Å². The Morgan fingerprint density at radius 1 is 0.844 bits per heavy atom. The molecule has 3 heterocycles. The second-order valence-electron chi connectivity index (χ2n) is 7.20. The molecule has 8 heteroatoms. The minimum absolute atomic E-state index is 0.136. The Balaban J connectivity index is 1.87. The number of benzene rings is 1. The molecule has 4 aromatic rings. The van der Waals surface area contributed by atoms with Crippen LogP contribution >= 0.6 is 0 Å². The number of nitrogens with one attached hydrogen (secondary N) is 1. The summed E-state index contributed by atoms with van der Waals surface area (Å²) in [5.41, 5.74) is 4.19. The van der Waals surface area contributed by atoms with Gasteiger partial charge in [-0.1, -0.05) is 30.3 Å². The van der Waals surface area contributed by atoms with Crippen LogP contribution in [0.25, 0.3) is 0 Å². The molecule has 0 aliphatic carbocycles. The summed E-state index contributed by atoms with van der Waals surface area (Å²) in [7, 11) is 0. The van der Waals surface area contributed by atoms with Crippen LogP contribution in [0.5, 0.6) is 0 Å². The van der Waals surface area contributed by atoms with Crippen molar-refractivity contribution in [3.8, 4) is 0 Å². The van der Waals surface area contributed by atoms with Crippen LogP contribution in [0.15, 0.2) is 91.5 Å². The van der Waals surface area contributed by atoms with Gasteiger partial charge in [0.15, 0.2) is 0 Å². The minimum Gasteiger partial charge on any atom is -0.294 e. The van der Waals surface area contributed by atoms with Crippen molar-refractivity contribution in [1.29, 1.82) is 0 Å². The fraction of sp³-hybridized carbons (Fsp3) is 0.125. The van der Waals surface area contributed by atoms with Crippen molar-refractivity contribution in [3.05, 3.63) is 125 Å². The van der Waals surface area contributed by atoms with Gasteiger partial charge in [-0.25, -0.2) is 13.3 Å². The van der Waals surface area contributed by atoms with Crippen LogP contribution in [-0.4, -0.2) is 23.7 Å². The third-order valence-corrected chi connectivity index (χ3v) is 5.56. The van der Waals surface area contributed by atoms with Crippen molar-refractivity contribution < 1.29 is 13.2 Å². The van der Waals surface area contributed by atoms with Crippen molar-refractivity contribution in [3.63, 3.8) is 0 Å². The highest BCUT2D eigenvalue weighted by Crippen LogP contribution is 2.41. The fourth-order valence-corrected chi connectivity index (χ4v) is 4.08. The Bertz CT molecular complexity index is 1140. The molecule has 162 valence electrons. The lowest BCUT2D eigenvalue weighted by molar-refractivity contribution is 0.547. The van der Waals surface area contributed by atoms with Gasteiger partial charge in [-0.2, -0.15) is 0 Å². The lowest BCUT2D eigenvalue weighted by Crippen LogP contribution is -2.19. The van der Waals surface area contributed by atoms with E-state index in [2.05, 4.69) is 14.7 Å². The first-order valence-corrected chi connectivity index (χ1v) is 11.1. The zero-order chi connectivity index (χ0) is 22.3. The van der Waals surface area contributed by atoms with E-state index in [1.807, 2.05) is 48.8 Å². The second kappa shape index (κ2) is 10.3. The Hall–Kier alpha value is -3.33. The molecule has 3 aromatic heterocycles. The first-order valence-electron chi connectivity index (χ1n) is 9.97. The largest absolute Gasteiger partial charge is 0.294 e. The molecule has 0 radical (unpaired) electrons. The monoisotopic (exact) mass is 448 g/mol. The highest BCUT2D eigenvalue weighted by Gasteiger charge is 2.30. The number of rotatable bonds is 8. The predicted octanol–water partition coefficient (Wildman–Crippen LogP) is 4.20. The van der Waals surface area contributed by atoms with E-state index in [-0.39, 0.29) is 24.2 Å². The maximum Gasteiger partial charge on any atom is 0.232 e. The van der Waals surface area contributed by atoms with Crippen molar-refractivity contribution in [2.45, 2.75) is 18.4 Å². The smallest absolute Gasteiger partial charge is 0.232 e. The van der Waals surface area contributed by atoms with Crippen LogP contribution in [0.2, 0.25) is 0 Å². The summed E-state index contributed by atoms with van der Waals surface area (Å²) < 4.78 is 36.3. The topological polar surface area (TPSA) is 88.0 Å². The summed E-state index contributed by atoms with van der Waals surface area (Å²) in [4.78, 5) is 13.4. The van der Waals surface area contributed by atoms with E-state index in [0.29, 0.717) is 5.69 Å². The summed E-state index contributed by atoms with van der Waals surface area (Å²) in [6.45, 7) is 0.136. The van der Waals surface area contributed by atoms with Gasteiger partial charge < -0.3 is 0 Å². The number of hydrogen-bond donors (Lipinski definition) is 2. The summed E-state index contributed by atoms with van der Waals surface area (Å²) in [6.07, 6.45) is 7.07. The average molecular weight is 449 g/mol. The van der Waals surface area contributed by atoms with Gasteiger partial charge in [-0.15, -0.1) is 0 Å². The molecule has 32 heavy (non-hydrogen) atoms. The normalized spacial score (nSPS) is 13.1. The van der Waals surface area contributed by atoms with Crippen LogP contribution in [0.3, 0.4) is 0 Å². The van der Waals surface area contributed by atoms with Crippen LogP contribution in [0, 0.1) is 5.82 Å². The van der Waals surface area contributed by atoms with Gasteiger partial charge in [0, 0.05) is 42.3 Å². The molecule has 0 spiro atoms. The van der Waals surface area contributed by atoms with Crippen molar-refractivity contribution in [2.24, 2.45) is 0 Å². The van der Waals surface area contributed by atoms with E-state index < -0.39 is 11.3 Å². The molecule has 0 saturated heterocycles. The van der Waals surface area contributed by atoms with Crippen molar-refractivity contribution in [1.82, 2.24) is 19.7 Å². The van der Waals surface area contributed by atoms with Gasteiger partial charge in [0.25, 0.3) is 0 Å². The molecule has 2 N–H and O–H groups in total. The molecular weight excluding hydrogens is 427 g/mol. The van der Waals surface area contributed by atoms with Crippen molar-refractivity contribution in [2.75, 3.05) is 0 Å². The molecule has 4 rings (SSSR count). The summed E-state index contributed by atoms with van der Waals surface area (Å²) >= 11 is -2.14. The maximum absolute atomic E-state index is 13.7. The molecule has 2 atom stereocenters. The molecule has 0 aliphatic heterocycles. The van der Waals surface area contributed by atoms with Crippen molar-refractivity contribution >= 4 is 11.3 Å². The van der Waals surface area contributed by atoms with Gasteiger partial charge in [0.05, 0.1) is 12.2 Å². The summed E-state index contributed by atoms with van der Waals surface area (Å²) in [5, 5.41) is 0. The molecule has 0 saturated carbocycles. The van der Waals surface area contributed by atoms with Gasteiger partial charge >= 0.3 is 0 Å². The van der Waals surface area contributed by atoms with E-state index >= 15 is 0 Å². The fourth-order valence-electron chi connectivity index (χ4n) is 3.81. The lowest BCUT2D eigenvalue weighted by Gasteiger charge is -2.28. The maximum atomic E-state index is 13.7. The number of hydrogen-bond acceptors (Lipinski definition) is 4. The third kappa shape index (κ3) is 5.28. The van der Waals surface area contributed by atoms with Crippen LogP contribution in [0.4, 0.5) is 4.39 Å². The zero-order valence-corrected chi connectivity index (χ0v) is 17.8. The number of halogens is 1. The Labute approximate surface area is 188 Å². The number of pyridine rings is 3. The lowest BCUT2D eigenvalue weighted by atomic mass is 9.76. The highest BCUT2D eigenvalue weighted by atomic mass is 32.2. The van der Waals surface area contributed by atoms with Crippen LogP contribution < -0.4 is 4.72 Å². The number of aromatic nitrogens is 3. The first kappa shape index (κ1) is 21.9. The van der Waals surface area contributed by atoms with Gasteiger partial charge in [-0.05, 0) is 53.1 Å². The van der Waals surface area contributed by atoms with Gasteiger partial charge in [0.2, 0.25) is 11.3 Å². The standard InChI is InChI=1S/C24H21FN4O2S/c25-20-10-8-17(9-11-20)24(22-7-1-6-21(29-22)16-28-32(30)31)23(18-4-2-12-26-14-18)19-5-3-13-27-15-19/h1-15,23-24,28H,16H2,(H,30,31). The predicted molar refractivity (Wildman–Crippen MR) is 120 cm³/mol. The highest BCUT2D eigenvalue weighted by molar-refractivity contribution is 7.77.